The monoisotopic (exact) mass is 355 g/mol. The van der Waals surface area contributed by atoms with Crippen LogP contribution in [0.1, 0.15) is 5.56 Å². The standard InChI is InChI=1S/C18H15N2O4S/c1-12-3-5-13(6-4-12)16-11-20(18(21)22)19-17(16)14-7-9-15(10-8-14)25(2,23)24/h3-10H,1-2H3,(H,21,22). The molecule has 1 aromatic heterocycles. The van der Waals surface area contributed by atoms with Crippen LogP contribution in [0.4, 0.5) is 4.79 Å². The van der Waals surface area contributed by atoms with Gasteiger partial charge in [-0.05, 0) is 24.6 Å². The third-order valence-electron chi connectivity index (χ3n) is 3.73. The van der Waals surface area contributed by atoms with Gasteiger partial charge in [0.1, 0.15) is 11.9 Å². The molecule has 1 heterocycles. The molecule has 3 rings (SSSR count). The maximum atomic E-state index is 11.6. The van der Waals surface area contributed by atoms with Crippen molar-refractivity contribution in [3.05, 3.63) is 60.3 Å². The lowest BCUT2D eigenvalue weighted by Crippen LogP contribution is -2.08. The third-order valence-corrected chi connectivity index (χ3v) is 4.86. The summed E-state index contributed by atoms with van der Waals surface area (Å²) in [5, 5.41) is 13.3. The van der Waals surface area contributed by atoms with E-state index in [-0.39, 0.29) is 4.90 Å². The Morgan fingerprint density at radius 2 is 1.60 bits per heavy atom. The first kappa shape index (κ1) is 16.9. The van der Waals surface area contributed by atoms with Gasteiger partial charge in [0.15, 0.2) is 9.84 Å². The number of aryl methyl sites for hydroxylation is 1. The fourth-order valence-corrected chi connectivity index (χ4v) is 3.04. The summed E-state index contributed by atoms with van der Waals surface area (Å²) in [4.78, 5) is 11.4. The number of carboxylic acid groups (broad SMARTS) is 1. The summed E-state index contributed by atoms with van der Waals surface area (Å²) >= 11 is 0. The summed E-state index contributed by atoms with van der Waals surface area (Å²) in [6.07, 6.45) is 2.64. The van der Waals surface area contributed by atoms with E-state index in [0.717, 1.165) is 22.1 Å². The van der Waals surface area contributed by atoms with Gasteiger partial charge < -0.3 is 5.11 Å². The molecule has 1 N–H and O–H groups in total. The molecular weight excluding hydrogens is 340 g/mol. The fraction of sp³-hybridized carbons (Fsp3) is 0.111. The summed E-state index contributed by atoms with van der Waals surface area (Å²) in [6.45, 7) is 1.96. The third kappa shape index (κ3) is 3.46. The largest absolute Gasteiger partial charge is 0.463 e. The maximum absolute atomic E-state index is 11.6. The predicted molar refractivity (Wildman–Crippen MR) is 93.2 cm³/mol. The van der Waals surface area contributed by atoms with Crippen molar-refractivity contribution < 1.29 is 18.3 Å². The lowest BCUT2D eigenvalue weighted by atomic mass is 10.0. The van der Waals surface area contributed by atoms with Crippen LogP contribution in [0.3, 0.4) is 0 Å². The van der Waals surface area contributed by atoms with Crippen LogP contribution < -0.4 is 0 Å². The topological polar surface area (TPSA) is 89.3 Å². The Morgan fingerprint density at radius 3 is 2.12 bits per heavy atom. The van der Waals surface area contributed by atoms with Gasteiger partial charge in [0.2, 0.25) is 0 Å². The molecule has 25 heavy (non-hydrogen) atoms. The minimum atomic E-state index is -3.30. The lowest BCUT2D eigenvalue weighted by molar-refractivity contribution is 0.192. The number of hydrogen-bond acceptors (Lipinski definition) is 4. The molecule has 0 atom stereocenters. The number of rotatable bonds is 3. The summed E-state index contributed by atoms with van der Waals surface area (Å²) in [5.74, 6) is 0. The van der Waals surface area contributed by atoms with E-state index < -0.39 is 15.9 Å². The molecule has 0 aliphatic carbocycles. The molecule has 0 amide bonds. The molecule has 0 saturated carbocycles. The van der Waals surface area contributed by atoms with Crippen LogP contribution in [0.5, 0.6) is 0 Å². The van der Waals surface area contributed by atoms with E-state index in [2.05, 4.69) is 11.3 Å². The van der Waals surface area contributed by atoms with Crippen LogP contribution in [-0.2, 0) is 9.84 Å². The van der Waals surface area contributed by atoms with Crippen LogP contribution >= 0.6 is 0 Å². The molecule has 0 saturated heterocycles. The van der Waals surface area contributed by atoms with Crippen LogP contribution in [0.2, 0.25) is 0 Å². The van der Waals surface area contributed by atoms with Gasteiger partial charge in [-0.2, -0.15) is 9.78 Å². The average molecular weight is 355 g/mol. The number of aromatic nitrogens is 2. The molecular formula is C18H15N2O4S. The van der Waals surface area contributed by atoms with Crippen molar-refractivity contribution in [3.63, 3.8) is 0 Å². The van der Waals surface area contributed by atoms with E-state index >= 15 is 0 Å². The van der Waals surface area contributed by atoms with Gasteiger partial charge in [-0.25, -0.2) is 13.2 Å². The molecule has 2 aromatic carbocycles. The van der Waals surface area contributed by atoms with Crippen molar-refractivity contribution in [1.29, 1.82) is 0 Å². The zero-order chi connectivity index (χ0) is 18.2. The average Bonchev–Trinajstić information content (AvgIpc) is 3.00. The molecule has 0 fully saturated rings. The highest BCUT2D eigenvalue weighted by molar-refractivity contribution is 7.90. The van der Waals surface area contributed by atoms with E-state index in [1.807, 2.05) is 31.2 Å². The second-order valence-electron chi connectivity index (χ2n) is 5.69. The molecule has 6 nitrogen and oxygen atoms in total. The zero-order valence-electron chi connectivity index (χ0n) is 13.6. The number of sulfone groups is 1. The molecule has 1 radical (unpaired) electrons. The zero-order valence-corrected chi connectivity index (χ0v) is 14.4. The SMILES string of the molecule is Cc1ccc(-c2[c]n(C(=O)O)nc2-c2ccc(S(C)(=O)=O)cc2)cc1. The van der Waals surface area contributed by atoms with Gasteiger partial charge in [-0.3, -0.25) is 0 Å². The van der Waals surface area contributed by atoms with E-state index in [1.54, 1.807) is 12.1 Å². The van der Waals surface area contributed by atoms with Gasteiger partial charge in [-0.15, -0.1) is 0 Å². The summed E-state index contributed by atoms with van der Waals surface area (Å²) in [5.41, 5.74) is 3.42. The minimum Gasteiger partial charge on any atom is -0.463 e. The Labute approximate surface area is 145 Å². The second-order valence-corrected chi connectivity index (χ2v) is 7.71. The predicted octanol–water partition coefficient (Wildman–Crippen LogP) is 3.26. The van der Waals surface area contributed by atoms with Crippen molar-refractivity contribution in [2.24, 2.45) is 0 Å². The van der Waals surface area contributed by atoms with E-state index in [1.165, 1.54) is 12.1 Å². The van der Waals surface area contributed by atoms with Gasteiger partial charge >= 0.3 is 6.09 Å². The van der Waals surface area contributed by atoms with Crippen molar-refractivity contribution >= 4 is 15.9 Å². The molecule has 0 spiro atoms. The number of carbonyl (C=O) groups is 1. The molecule has 0 aliphatic rings. The van der Waals surface area contributed by atoms with Crippen LogP contribution in [-0.4, -0.2) is 35.7 Å². The molecule has 127 valence electrons. The van der Waals surface area contributed by atoms with Crippen molar-refractivity contribution in [3.8, 4) is 22.4 Å². The Morgan fingerprint density at radius 1 is 1.04 bits per heavy atom. The van der Waals surface area contributed by atoms with E-state index in [9.17, 15) is 18.3 Å². The highest BCUT2D eigenvalue weighted by Crippen LogP contribution is 2.31. The van der Waals surface area contributed by atoms with Crippen molar-refractivity contribution in [2.45, 2.75) is 11.8 Å². The first-order valence-electron chi connectivity index (χ1n) is 7.39. The van der Waals surface area contributed by atoms with Gasteiger partial charge in [0.25, 0.3) is 0 Å². The van der Waals surface area contributed by atoms with E-state index in [4.69, 9.17) is 0 Å². The molecule has 7 heteroatoms. The second kappa shape index (κ2) is 6.18. The maximum Gasteiger partial charge on any atom is 0.432 e. The minimum absolute atomic E-state index is 0.190. The van der Waals surface area contributed by atoms with Crippen LogP contribution in [0.25, 0.3) is 22.4 Å². The molecule has 3 aromatic rings. The molecule has 0 bridgehead atoms. The summed E-state index contributed by atoms with van der Waals surface area (Å²) in [6, 6.07) is 13.7. The molecule has 0 unspecified atom stereocenters. The summed E-state index contributed by atoms with van der Waals surface area (Å²) < 4.78 is 23.9. The quantitative estimate of drug-likeness (QED) is 0.779. The highest BCUT2D eigenvalue weighted by Gasteiger charge is 2.17. The Balaban J connectivity index is 2.14. The highest BCUT2D eigenvalue weighted by atomic mass is 32.2. The number of hydrogen-bond donors (Lipinski definition) is 1. The first-order valence-corrected chi connectivity index (χ1v) is 9.28. The molecule has 0 aliphatic heterocycles. The van der Waals surface area contributed by atoms with Crippen LogP contribution in [0, 0.1) is 13.1 Å². The number of benzene rings is 2. The Bertz CT molecular complexity index is 1030. The van der Waals surface area contributed by atoms with Crippen LogP contribution in [0.15, 0.2) is 53.4 Å². The fourth-order valence-electron chi connectivity index (χ4n) is 2.41. The Kier molecular flexibility index (Phi) is 4.18. The van der Waals surface area contributed by atoms with Gasteiger partial charge in [-0.1, -0.05) is 42.0 Å². The first-order chi connectivity index (χ1) is 11.8. The van der Waals surface area contributed by atoms with E-state index in [0.29, 0.717) is 16.8 Å². The van der Waals surface area contributed by atoms with Gasteiger partial charge in [0, 0.05) is 17.4 Å². The van der Waals surface area contributed by atoms with Crippen molar-refractivity contribution in [1.82, 2.24) is 9.78 Å². The lowest BCUT2D eigenvalue weighted by Gasteiger charge is -2.04. The summed E-state index contributed by atoms with van der Waals surface area (Å²) in [7, 11) is -3.30. The smallest absolute Gasteiger partial charge is 0.432 e. The van der Waals surface area contributed by atoms with Gasteiger partial charge in [0.05, 0.1) is 4.90 Å². The Hall–Kier alpha value is -2.93. The number of nitrogens with zero attached hydrogens (tertiary/aromatic N) is 2. The normalized spacial score (nSPS) is 11.4. The van der Waals surface area contributed by atoms with Crippen molar-refractivity contribution in [2.75, 3.05) is 6.26 Å².